The van der Waals surface area contributed by atoms with Gasteiger partial charge in [0.1, 0.15) is 10.7 Å². The molecule has 1 rings (SSSR count). The predicted octanol–water partition coefficient (Wildman–Crippen LogP) is 0.583. The quantitative estimate of drug-likeness (QED) is 0.698. The van der Waals surface area contributed by atoms with Crippen molar-refractivity contribution in [3.05, 3.63) is 11.9 Å². The zero-order chi connectivity index (χ0) is 8.97. The van der Waals surface area contributed by atoms with Crippen LogP contribution in [-0.4, -0.2) is 26.5 Å². The van der Waals surface area contributed by atoms with Crippen LogP contribution >= 0.6 is 12.2 Å². The third-order valence-electron chi connectivity index (χ3n) is 1.43. The predicted molar refractivity (Wildman–Crippen MR) is 51.1 cm³/mol. The maximum atomic E-state index is 5.05. The Hall–Kier alpha value is -0.970. The van der Waals surface area contributed by atoms with E-state index in [0.717, 1.165) is 18.8 Å². The molecule has 66 valence electrons. The molecule has 0 amide bonds. The van der Waals surface area contributed by atoms with Gasteiger partial charge in [-0.1, -0.05) is 17.4 Å². The topological polar surface area (TPSA) is 42.7 Å². The van der Waals surface area contributed by atoms with Gasteiger partial charge in [0.25, 0.3) is 0 Å². The van der Waals surface area contributed by atoms with Crippen molar-refractivity contribution in [3.8, 4) is 0 Å². The molecule has 0 aliphatic heterocycles. The van der Waals surface area contributed by atoms with E-state index in [4.69, 9.17) is 12.2 Å². The molecule has 0 aromatic carbocycles. The van der Waals surface area contributed by atoms with Crippen LogP contribution in [0.4, 0.5) is 0 Å². The fraction of sp³-hybridized carbons (Fsp3) is 0.571. The maximum absolute atomic E-state index is 5.05. The van der Waals surface area contributed by atoms with E-state index in [9.17, 15) is 0 Å². The van der Waals surface area contributed by atoms with Gasteiger partial charge in [-0.2, -0.15) is 0 Å². The zero-order valence-corrected chi connectivity index (χ0v) is 8.06. The summed E-state index contributed by atoms with van der Waals surface area (Å²) in [5, 5.41) is 10.8. The van der Waals surface area contributed by atoms with Crippen LogP contribution in [0.3, 0.4) is 0 Å². The van der Waals surface area contributed by atoms with Crippen molar-refractivity contribution in [2.45, 2.75) is 20.4 Å². The van der Waals surface area contributed by atoms with E-state index in [0.29, 0.717) is 4.99 Å². The molecule has 0 unspecified atom stereocenters. The SMILES string of the molecule is CCNC(=S)c1cn(CC)nn1. The first kappa shape index (κ1) is 9.12. The summed E-state index contributed by atoms with van der Waals surface area (Å²) in [5.41, 5.74) is 0.744. The van der Waals surface area contributed by atoms with E-state index in [1.165, 1.54) is 0 Å². The van der Waals surface area contributed by atoms with Gasteiger partial charge in [0.2, 0.25) is 0 Å². The molecule has 0 saturated heterocycles. The molecule has 1 aromatic heterocycles. The summed E-state index contributed by atoms with van der Waals surface area (Å²) in [6, 6.07) is 0. The van der Waals surface area contributed by atoms with Gasteiger partial charge in [-0.3, -0.25) is 4.68 Å². The highest BCUT2D eigenvalue weighted by atomic mass is 32.1. The van der Waals surface area contributed by atoms with Crippen LogP contribution in [0.2, 0.25) is 0 Å². The second kappa shape index (κ2) is 4.15. The number of thiocarbonyl (C=S) groups is 1. The summed E-state index contributed by atoms with van der Waals surface area (Å²) in [6.45, 7) is 5.64. The first-order chi connectivity index (χ1) is 5.77. The van der Waals surface area contributed by atoms with Gasteiger partial charge in [0.05, 0.1) is 6.20 Å². The molecule has 0 spiro atoms. The zero-order valence-electron chi connectivity index (χ0n) is 7.24. The van der Waals surface area contributed by atoms with Crippen molar-refractivity contribution < 1.29 is 0 Å². The van der Waals surface area contributed by atoms with Gasteiger partial charge in [0, 0.05) is 13.1 Å². The monoisotopic (exact) mass is 184 g/mol. The number of aryl methyl sites for hydroxylation is 1. The first-order valence-corrected chi connectivity index (χ1v) is 4.37. The minimum atomic E-state index is 0.664. The number of hydrogen-bond donors (Lipinski definition) is 1. The average Bonchev–Trinajstić information content (AvgIpc) is 2.52. The highest BCUT2D eigenvalue weighted by Crippen LogP contribution is 1.93. The third kappa shape index (κ3) is 2.01. The fourth-order valence-corrected chi connectivity index (χ4v) is 1.05. The molecule has 0 fully saturated rings. The Morgan fingerprint density at radius 3 is 2.92 bits per heavy atom. The van der Waals surface area contributed by atoms with Crippen LogP contribution in [0.15, 0.2) is 6.20 Å². The average molecular weight is 184 g/mol. The summed E-state index contributed by atoms with van der Waals surface area (Å²) in [6.07, 6.45) is 1.84. The molecule has 12 heavy (non-hydrogen) atoms. The molecule has 1 aromatic rings. The van der Waals surface area contributed by atoms with Crippen molar-refractivity contribution in [3.63, 3.8) is 0 Å². The van der Waals surface area contributed by atoms with E-state index < -0.39 is 0 Å². The van der Waals surface area contributed by atoms with Crippen LogP contribution in [0.5, 0.6) is 0 Å². The Labute approximate surface area is 77.0 Å². The van der Waals surface area contributed by atoms with E-state index in [-0.39, 0.29) is 0 Å². The molecule has 0 bridgehead atoms. The highest BCUT2D eigenvalue weighted by Gasteiger charge is 2.03. The molecular weight excluding hydrogens is 172 g/mol. The largest absolute Gasteiger partial charge is 0.375 e. The summed E-state index contributed by atoms with van der Waals surface area (Å²) in [4.78, 5) is 0.664. The Morgan fingerprint density at radius 1 is 1.67 bits per heavy atom. The second-order valence-electron chi connectivity index (χ2n) is 2.32. The Balaban J connectivity index is 2.68. The molecule has 0 aliphatic carbocycles. The Bertz CT molecular complexity index is 268. The lowest BCUT2D eigenvalue weighted by molar-refractivity contribution is 0.626. The molecule has 0 aliphatic rings. The van der Waals surface area contributed by atoms with Crippen LogP contribution in [-0.2, 0) is 6.54 Å². The lowest BCUT2D eigenvalue weighted by Crippen LogP contribution is -2.21. The minimum absolute atomic E-state index is 0.664. The Kier molecular flexibility index (Phi) is 3.16. The summed E-state index contributed by atoms with van der Waals surface area (Å²) in [7, 11) is 0. The summed E-state index contributed by atoms with van der Waals surface area (Å²) < 4.78 is 1.75. The van der Waals surface area contributed by atoms with Crippen molar-refractivity contribution >= 4 is 17.2 Å². The van der Waals surface area contributed by atoms with E-state index in [1.54, 1.807) is 4.68 Å². The van der Waals surface area contributed by atoms with Crippen molar-refractivity contribution in [1.29, 1.82) is 0 Å². The third-order valence-corrected chi connectivity index (χ3v) is 1.79. The van der Waals surface area contributed by atoms with Gasteiger partial charge < -0.3 is 5.32 Å². The van der Waals surface area contributed by atoms with Crippen LogP contribution in [0.1, 0.15) is 19.5 Å². The number of aromatic nitrogens is 3. The van der Waals surface area contributed by atoms with Gasteiger partial charge in [0.15, 0.2) is 0 Å². The highest BCUT2D eigenvalue weighted by molar-refractivity contribution is 7.80. The number of rotatable bonds is 3. The molecular formula is C7H12N4S. The Morgan fingerprint density at radius 2 is 2.42 bits per heavy atom. The first-order valence-electron chi connectivity index (χ1n) is 3.96. The second-order valence-corrected chi connectivity index (χ2v) is 2.73. The number of nitrogens with one attached hydrogen (secondary N) is 1. The van der Waals surface area contributed by atoms with Crippen LogP contribution in [0.25, 0.3) is 0 Å². The van der Waals surface area contributed by atoms with E-state index >= 15 is 0 Å². The molecule has 4 nitrogen and oxygen atoms in total. The van der Waals surface area contributed by atoms with Gasteiger partial charge in [-0.05, 0) is 13.8 Å². The molecule has 0 radical (unpaired) electrons. The van der Waals surface area contributed by atoms with Crippen LogP contribution < -0.4 is 5.32 Å². The van der Waals surface area contributed by atoms with Crippen LogP contribution in [0, 0.1) is 0 Å². The normalized spacial score (nSPS) is 9.83. The maximum Gasteiger partial charge on any atom is 0.140 e. The van der Waals surface area contributed by atoms with E-state index in [2.05, 4.69) is 15.6 Å². The lowest BCUT2D eigenvalue weighted by atomic mass is 10.4. The summed E-state index contributed by atoms with van der Waals surface area (Å²) >= 11 is 5.05. The molecule has 1 N–H and O–H groups in total. The van der Waals surface area contributed by atoms with E-state index in [1.807, 2.05) is 20.0 Å². The molecule has 5 heteroatoms. The standard InChI is InChI=1S/C7H12N4S/c1-3-8-7(12)6-5-11(4-2)10-9-6/h5H,3-4H2,1-2H3,(H,8,12). The van der Waals surface area contributed by atoms with Gasteiger partial charge in [-0.15, -0.1) is 5.10 Å². The molecule has 1 heterocycles. The molecule has 0 atom stereocenters. The number of hydrogen-bond acceptors (Lipinski definition) is 3. The smallest absolute Gasteiger partial charge is 0.140 e. The lowest BCUT2D eigenvalue weighted by Gasteiger charge is -1.98. The van der Waals surface area contributed by atoms with Crippen molar-refractivity contribution in [2.24, 2.45) is 0 Å². The summed E-state index contributed by atoms with van der Waals surface area (Å²) in [5.74, 6) is 0. The fourth-order valence-electron chi connectivity index (χ4n) is 0.808. The van der Waals surface area contributed by atoms with Crippen molar-refractivity contribution in [1.82, 2.24) is 20.3 Å². The van der Waals surface area contributed by atoms with Crippen molar-refractivity contribution in [2.75, 3.05) is 6.54 Å². The van der Waals surface area contributed by atoms with Gasteiger partial charge in [-0.25, -0.2) is 0 Å². The minimum Gasteiger partial charge on any atom is -0.375 e. The number of nitrogens with zero attached hydrogens (tertiary/aromatic N) is 3. The van der Waals surface area contributed by atoms with Gasteiger partial charge >= 0.3 is 0 Å². The molecule has 0 saturated carbocycles.